The SMILES string of the molecule is COC(=O)COc1c(Cl)cc(/C=C2/SC(=S)N(c3ccccc3)C2=O)cc1Br. The molecule has 0 spiro atoms. The molecule has 0 N–H and O–H groups in total. The highest BCUT2D eigenvalue weighted by Crippen LogP contribution is 2.39. The molecule has 0 radical (unpaired) electrons. The molecule has 0 bridgehead atoms. The number of carbonyl (C=O) groups is 2. The average molecular weight is 499 g/mol. The van der Waals surface area contributed by atoms with Crippen molar-refractivity contribution in [2.75, 3.05) is 18.6 Å². The second kappa shape index (κ2) is 9.09. The van der Waals surface area contributed by atoms with Gasteiger partial charge in [0.05, 0.1) is 27.2 Å². The van der Waals surface area contributed by atoms with Crippen molar-refractivity contribution in [1.29, 1.82) is 0 Å². The van der Waals surface area contributed by atoms with Gasteiger partial charge in [0.25, 0.3) is 5.91 Å². The third-order valence-corrected chi connectivity index (χ3v) is 5.86. The van der Waals surface area contributed by atoms with Gasteiger partial charge in [0.15, 0.2) is 16.7 Å². The van der Waals surface area contributed by atoms with Crippen LogP contribution in [0.1, 0.15) is 5.56 Å². The number of thioether (sulfide) groups is 1. The zero-order chi connectivity index (χ0) is 20.3. The molecule has 1 saturated heterocycles. The summed E-state index contributed by atoms with van der Waals surface area (Å²) >= 11 is 16.2. The minimum atomic E-state index is -0.517. The zero-order valence-electron chi connectivity index (χ0n) is 14.5. The normalized spacial score (nSPS) is 15.2. The first-order valence-electron chi connectivity index (χ1n) is 7.92. The van der Waals surface area contributed by atoms with E-state index < -0.39 is 5.97 Å². The molecule has 0 unspecified atom stereocenters. The third-order valence-electron chi connectivity index (χ3n) is 3.69. The quantitative estimate of drug-likeness (QED) is 0.326. The second-order valence-electron chi connectivity index (χ2n) is 5.53. The van der Waals surface area contributed by atoms with E-state index in [2.05, 4.69) is 20.7 Å². The Morgan fingerprint density at radius 1 is 1.32 bits per heavy atom. The number of hydrogen-bond acceptors (Lipinski definition) is 6. The van der Waals surface area contributed by atoms with Gasteiger partial charge in [-0.15, -0.1) is 0 Å². The molecule has 1 heterocycles. The number of nitrogens with zero attached hydrogens (tertiary/aromatic N) is 1. The number of carbonyl (C=O) groups excluding carboxylic acids is 2. The maximum Gasteiger partial charge on any atom is 0.343 e. The fraction of sp³-hybridized carbons (Fsp3) is 0.105. The highest BCUT2D eigenvalue weighted by Gasteiger charge is 2.33. The summed E-state index contributed by atoms with van der Waals surface area (Å²) in [4.78, 5) is 26.0. The van der Waals surface area contributed by atoms with Crippen LogP contribution in [0.2, 0.25) is 5.02 Å². The fourth-order valence-corrected chi connectivity index (χ4v) is 4.70. The number of halogens is 2. The summed E-state index contributed by atoms with van der Waals surface area (Å²) in [7, 11) is 1.27. The Balaban J connectivity index is 1.85. The summed E-state index contributed by atoms with van der Waals surface area (Å²) in [5.74, 6) is -0.392. The molecular formula is C19H13BrClNO4S2. The van der Waals surface area contributed by atoms with Crippen molar-refractivity contribution in [1.82, 2.24) is 0 Å². The molecule has 144 valence electrons. The Morgan fingerprint density at radius 2 is 2.04 bits per heavy atom. The van der Waals surface area contributed by atoms with E-state index in [9.17, 15) is 9.59 Å². The topological polar surface area (TPSA) is 55.8 Å². The molecule has 0 saturated carbocycles. The number of esters is 1. The lowest BCUT2D eigenvalue weighted by atomic mass is 10.2. The van der Waals surface area contributed by atoms with E-state index in [1.807, 2.05) is 30.3 Å². The number of benzene rings is 2. The van der Waals surface area contributed by atoms with Gasteiger partial charge in [-0.1, -0.05) is 53.8 Å². The van der Waals surface area contributed by atoms with Crippen LogP contribution in [0.4, 0.5) is 5.69 Å². The van der Waals surface area contributed by atoms with Crippen molar-refractivity contribution in [3.63, 3.8) is 0 Å². The monoisotopic (exact) mass is 497 g/mol. The van der Waals surface area contributed by atoms with E-state index >= 15 is 0 Å². The van der Waals surface area contributed by atoms with Gasteiger partial charge < -0.3 is 9.47 Å². The smallest absolute Gasteiger partial charge is 0.343 e. The van der Waals surface area contributed by atoms with E-state index in [4.69, 9.17) is 28.6 Å². The van der Waals surface area contributed by atoms with Crippen molar-refractivity contribution < 1.29 is 19.1 Å². The predicted octanol–water partition coefficient (Wildman–Crippen LogP) is 5.06. The summed E-state index contributed by atoms with van der Waals surface area (Å²) in [6.07, 6.45) is 1.71. The van der Waals surface area contributed by atoms with Crippen LogP contribution in [0.25, 0.3) is 6.08 Å². The van der Waals surface area contributed by atoms with E-state index in [-0.39, 0.29) is 12.5 Å². The number of rotatable bonds is 5. The lowest BCUT2D eigenvalue weighted by Crippen LogP contribution is -2.27. The van der Waals surface area contributed by atoms with Crippen LogP contribution in [0.5, 0.6) is 5.75 Å². The van der Waals surface area contributed by atoms with E-state index in [1.165, 1.54) is 23.8 Å². The molecule has 0 atom stereocenters. The van der Waals surface area contributed by atoms with Crippen LogP contribution in [0.15, 0.2) is 51.8 Å². The summed E-state index contributed by atoms with van der Waals surface area (Å²) < 4.78 is 10.9. The van der Waals surface area contributed by atoms with Crippen LogP contribution < -0.4 is 9.64 Å². The summed E-state index contributed by atoms with van der Waals surface area (Å²) in [5, 5.41) is 0.295. The number of amides is 1. The number of para-hydroxylation sites is 1. The van der Waals surface area contributed by atoms with Gasteiger partial charge in [-0.05, 0) is 51.8 Å². The molecule has 1 amide bonds. The van der Waals surface area contributed by atoms with Crippen molar-refractivity contribution in [3.8, 4) is 5.75 Å². The van der Waals surface area contributed by atoms with Gasteiger partial charge in [-0.2, -0.15) is 0 Å². The molecule has 0 aromatic heterocycles. The van der Waals surface area contributed by atoms with Crippen LogP contribution in [-0.4, -0.2) is 29.9 Å². The minimum Gasteiger partial charge on any atom is -0.479 e. The standard InChI is InChI=1S/C19H13BrClNO4S2/c1-25-16(23)10-26-17-13(20)7-11(8-14(17)21)9-15-18(24)22(19(27)28-15)12-5-3-2-4-6-12/h2-9H,10H2,1H3/b15-9+. The lowest BCUT2D eigenvalue weighted by Gasteiger charge is -2.13. The zero-order valence-corrected chi connectivity index (χ0v) is 18.5. The fourth-order valence-electron chi connectivity index (χ4n) is 2.41. The predicted molar refractivity (Wildman–Crippen MR) is 119 cm³/mol. The summed E-state index contributed by atoms with van der Waals surface area (Å²) in [5.41, 5.74) is 1.41. The van der Waals surface area contributed by atoms with Gasteiger partial charge in [0, 0.05) is 0 Å². The third kappa shape index (κ3) is 4.57. The Labute approximate surface area is 184 Å². The Kier molecular flexibility index (Phi) is 6.77. The molecule has 9 heteroatoms. The van der Waals surface area contributed by atoms with Gasteiger partial charge >= 0.3 is 5.97 Å². The largest absolute Gasteiger partial charge is 0.479 e. The van der Waals surface area contributed by atoms with Crippen molar-refractivity contribution in [3.05, 3.63) is 62.4 Å². The maximum absolute atomic E-state index is 12.8. The average Bonchev–Trinajstić information content (AvgIpc) is 2.94. The molecule has 2 aromatic rings. The molecular weight excluding hydrogens is 486 g/mol. The molecule has 3 rings (SSSR count). The molecule has 2 aromatic carbocycles. The summed E-state index contributed by atoms with van der Waals surface area (Å²) in [6, 6.07) is 12.6. The van der Waals surface area contributed by atoms with Crippen molar-refractivity contribution >= 4 is 79.5 Å². The van der Waals surface area contributed by atoms with Gasteiger partial charge in [0.2, 0.25) is 0 Å². The molecule has 1 fully saturated rings. The van der Waals surface area contributed by atoms with Crippen LogP contribution >= 0.6 is 51.5 Å². The summed E-state index contributed by atoms with van der Waals surface area (Å²) in [6.45, 7) is -0.260. The van der Waals surface area contributed by atoms with Gasteiger partial charge in [-0.25, -0.2) is 4.79 Å². The van der Waals surface area contributed by atoms with Crippen molar-refractivity contribution in [2.45, 2.75) is 0 Å². The first-order chi connectivity index (χ1) is 13.4. The van der Waals surface area contributed by atoms with E-state index in [0.29, 0.717) is 30.0 Å². The Morgan fingerprint density at radius 3 is 2.68 bits per heavy atom. The number of thiocarbonyl (C=S) groups is 1. The first-order valence-corrected chi connectivity index (χ1v) is 10.3. The van der Waals surface area contributed by atoms with Crippen LogP contribution in [0, 0.1) is 0 Å². The van der Waals surface area contributed by atoms with Gasteiger partial charge in [0.1, 0.15) is 0 Å². The van der Waals surface area contributed by atoms with E-state index in [0.717, 1.165) is 5.69 Å². The second-order valence-corrected chi connectivity index (χ2v) is 8.47. The number of ether oxygens (including phenoxy) is 2. The Bertz CT molecular complexity index is 958. The van der Waals surface area contributed by atoms with Crippen LogP contribution in [0.3, 0.4) is 0 Å². The lowest BCUT2D eigenvalue weighted by molar-refractivity contribution is -0.142. The molecule has 1 aliphatic heterocycles. The molecule has 5 nitrogen and oxygen atoms in total. The van der Waals surface area contributed by atoms with Gasteiger partial charge in [-0.3, -0.25) is 9.69 Å². The highest BCUT2D eigenvalue weighted by molar-refractivity contribution is 9.10. The number of methoxy groups -OCH3 is 1. The van der Waals surface area contributed by atoms with E-state index in [1.54, 1.807) is 18.2 Å². The molecule has 1 aliphatic rings. The number of hydrogen-bond donors (Lipinski definition) is 0. The van der Waals surface area contributed by atoms with Crippen LogP contribution in [-0.2, 0) is 14.3 Å². The highest BCUT2D eigenvalue weighted by atomic mass is 79.9. The Hall–Kier alpha value is -1.87. The first kappa shape index (κ1) is 20.9. The molecule has 28 heavy (non-hydrogen) atoms. The minimum absolute atomic E-state index is 0.195. The number of anilines is 1. The van der Waals surface area contributed by atoms with Crippen molar-refractivity contribution in [2.24, 2.45) is 0 Å². The maximum atomic E-state index is 12.8. The molecule has 0 aliphatic carbocycles.